The average Bonchev–Trinajstić information content (AvgIpc) is 2.39. The quantitative estimate of drug-likeness (QED) is 0.705. The second-order valence-electron chi connectivity index (χ2n) is 4.17. The minimum atomic E-state index is -3.32. The lowest BCUT2D eigenvalue weighted by molar-refractivity contribution is 0.0951. The number of hydrogen-bond acceptors (Lipinski definition) is 6. The molecule has 0 aliphatic carbocycles. The topological polar surface area (TPSA) is 104 Å². The van der Waals surface area contributed by atoms with Gasteiger partial charge in [0.2, 0.25) is 10.0 Å². The number of hydrogen-bond donors (Lipinski definition) is 2. The molecule has 0 radical (unpaired) electrons. The molecule has 2 N–H and O–H groups in total. The van der Waals surface area contributed by atoms with Crippen LogP contribution < -0.4 is 10.6 Å². The predicted octanol–water partition coefficient (Wildman–Crippen LogP) is -0.470. The Hall–Kier alpha value is -1.74. The van der Waals surface area contributed by atoms with E-state index in [1.54, 1.807) is 0 Å². The van der Waals surface area contributed by atoms with E-state index in [0.717, 1.165) is 4.31 Å². The van der Waals surface area contributed by atoms with Gasteiger partial charge in [0.05, 0.1) is 18.1 Å². The summed E-state index contributed by atoms with van der Waals surface area (Å²) in [6.07, 6.45) is 2.84. The Labute approximate surface area is 118 Å². The lowest BCUT2D eigenvalue weighted by Crippen LogP contribution is -2.34. The van der Waals surface area contributed by atoms with Gasteiger partial charge < -0.3 is 10.6 Å². The van der Waals surface area contributed by atoms with Crippen molar-refractivity contribution in [2.45, 2.75) is 6.92 Å². The highest BCUT2D eigenvalue weighted by atomic mass is 32.2. The Balaban J connectivity index is 2.57. The summed E-state index contributed by atoms with van der Waals surface area (Å²) < 4.78 is 24.2. The molecule has 0 saturated heterocycles. The molecular weight excluding hydrogens is 282 g/mol. The molecule has 1 heterocycles. The average molecular weight is 301 g/mol. The third-order valence-corrected chi connectivity index (χ3v) is 4.26. The summed E-state index contributed by atoms with van der Waals surface area (Å²) in [6.45, 7) is 2.59. The predicted molar refractivity (Wildman–Crippen MR) is 76.0 cm³/mol. The molecule has 0 atom stereocenters. The van der Waals surface area contributed by atoms with Crippen LogP contribution in [0, 0.1) is 0 Å². The monoisotopic (exact) mass is 301 g/mol. The molecule has 0 spiro atoms. The molecule has 0 aliphatic heterocycles. The molecule has 0 aliphatic rings. The summed E-state index contributed by atoms with van der Waals surface area (Å²) in [5.74, 6) is -0.112. The Kier molecular flexibility index (Phi) is 5.83. The molecule has 0 aromatic carbocycles. The molecular formula is C11H19N5O3S. The summed E-state index contributed by atoms with van der Waals surface area (Å²) >= 11 is 0. The molecule has 112 valence electrons. The van der Waals surface area contributed by atoms with Crippen molar-refractivity contribution in [1.29, 1.82) is 0 Å². The number of rotatable bonds is 7. The highest BCUT2D eigenvalue weighted by Gasteiger charge is 2.14. The minimum absolute atomic E-state index is 0.0203. The summed E-state index contributed by atoms with van der Waals surface area (Å²) in [6, 6.07) is 0. The maximum absolute atomic E-state index is 11.8. The molecule has 1 rings (SSSR count). The van der Waals surface area contributed by atoms with E-state index < -0.39 is 15.9 Å². The Morgan fingerprint density at radius 1 is 1.35 bits per heavy atom. The summed E-state index contributed by atoms with van der Waals surface area (Å²) in [4.78, 5) is 19.8. The van der Waals surface area contributed by atoms with Gasteiger partial charge in [0.1, 0.15) is 11.5 Å². The van der Waals surface area contributed by atoms with Gasteiger partial charge in [0.15, 0.2) is 0 Å². The fourth-order valence-corrected chi connectivity index (χ4v) is 2.03. The zero-order valence-corrected chi connectivity index (χ0v) is 12.6. The molecule has 0 saturated carbocycles. The van der Waals surface area contributed by atoms with E-state index in [1.807, 2.05) is 6.92 Å². The molecule has 1 aromatic heterocycles. The van der Waals surface area contributed by atoms with Crippen molar-refractivity contribution < 1.29 is 13.2 Å². The number of sulfonamides is 1. The summed E-state index contributed by atoms with van der Waals surface area (Å²) in [5.41, 5.74) is 0.144. The second-order valence-corrected chi connectivity index (χ2v) is 6.48. The third kappa shape index (κ3) is 4.74. The van der Waals surface area contributed by atoms with Gasteiger partial charge in [-0.2, -0.15) is 0 Å². The van der Waals surface area contributed by atoms with Crippen LogP contribution in [-0.4, -0.2) is 61.5 Å². The van der Waals surface area contributed by atoms with E-state index in [2.05, 4.69) is 20.6 Å². The Bertz CT molecular complexity index is 559. The molecule has 20 heavy (non-hydrogen) atoms. The van der Waals surface area contributed by atoms with E-state index in [9.17, 15) is 13.2 Å². The van der Waals surface area contributed by atoms with Gasteiger partial charge >= 0.3 is 0 Å². The van der Waals surface area contributed by atoms with Gasteiger partial charge in [0.25, 0.3) is 5.91 Å². The highest BCUT2D eigenvalue weighted by Crippen LogP contribution is 2.01. The number of amides is 1. The van der Waals surface area contributed by atoms with Crippen molar-refractivity contribution in [3.8, 4) is 0 Å². The molecule has 0 fully saturated rings. The van der Waals surface area contributed by atoms with Crippen LogP contribution in [0.3, 0.4) is 0 Å². The van der Waals surface area contributed by atoms with Gasteiger partial charge in [-0.05, 0) is 6.92 Å². The van der Waals surface area contributed by atoms with Crippen LogP contribution in [0.2, 0.25) is 0 Å². The van der Waals surface area contributed by atoms with Gasteiger partial charge in [-0.3, -0.25) is 9.78 Å². The van der Waals surface area contributed by atoms with Crippen LogP contribution in [0.1, 0.15) is 17.4 Å². The number of carbonyl (C=O) groups excluding carboxylic acids is 1. The lowest BCUT2D eigenvalue weighted by atomic mass is 10.4. The normalized spacial score (nSPS) is 11.4. The standard InChI is InChI=1S/C11H19N5O3S/c1-4-13-10-8-12-7-9(15-10)11(17)14-5-6-20(18,19)16(2)3/h7-8H,4-6H2,1-3H3,(H,13,15)(H,14,17). The molecule has 1 aromatic rings. The van der Waals surface area contributed by atoms with Crippen molar-refractivity contribution in [3.63, 3.8) is 0 Å². The molecule has 0 unspecified atom stereocenters. The van der Waals surface area contributed by atoms with Crippen molar-refractivity contribution in [3.05, 3.63) is 18.1 Å². The lowest BCUT2D eigenvalue weighted by Gasteiger charge is -2.11. The molecule has 0 bridgehead atoms. The van der Waals surface area contributed by atoms with E-state index in [1.165, 1.54) is 26.5 Å². The first-order valence-electron chi connectivity index (χ1n) is 6.11. The first-order chi connectivity index (χ1) is 9.36. The van der Waals surface area contributed by atoms with Crippen LogP contribution >= 0.6 is 0 Å². The van der Waals surface area contributed by atoms with E-state index in [0.29, 0.717) is 12.4 Å². The van der Waals surface area contributed by atoms with Crippen molar-refractivity contribution in [2.24, 2.45) is 0 Å². The van der Waals surface area contributed by atoms with Gasteiger partial charge in [0, 0.05) is 27.2 Å². The smallest absolute Gasteiger partial charge is 0.271 e. The number of nitrogens with one attached hydrogen (secondary N) is 2. The van der Waals surface area contributed by atoms with Crippen LogP contribution in [0.15, 0.2) is 12.4 Å². The second kappa shape index (κ2) is 7.15. The first-order valence-corrected chi connectivity index (χ1v) is 7.72. The minimum Gasteiger partial charge on any atom is -0.369 e. The van der Waals surface area contributed by atoms with Crippen LogP contribution in [0.5, 0.6) is 0 Å². The number of nitrogens with zero attached hydrogens (tertiary/aromatic N) is 3. The van der Waals surface area contributed by atoms with Crippen LogP contribution in [-0.2, 0) is 10.0 Å². The van der Waals surface area contributed by atoms with E-state index in [4.69, 9.17) is 0 Å². The summed E-state index contributed by atoms with van der Waals surface area (Å²) in [7, 11) is -0.429. The van der Waals surface area contributed by atoms with Crippen LogP contribution in [0.4, 0.5) is 5.82 Å². The van der Waals surface area contributed by atoms with Crippen molar-refractivity contribution in [2.75, 3.05) is 38.3 Å². The van der Waals surface area contributed by atoms with Crippen LogP contribution in [0.25, 0.3) is 0 Å². The SMILES string of the molecule is CCNc1cncc(C(=O)NCCS(=O)(=O)N(C)C)n1. The zero-order chi connectivity index (χ0) is 15.2. The first kappa shape index (κ1) is 16.3. The molecule has 1 amide bonds. The maximum atomic E-state index is 11.8. The fourth-order valence-electron chi connectivity index (χ4n) is 1.31. The van der Waals surface area contributed by atoms with Gasteiger partial charge in [-0.1, -0.05) is 0 Å². The van der Waals surface area contributed by atoms with Crippen molar-refractivity contribution in [1.82, 2.24) is 19.6 Å². The Morgan fingerprint density at radius 2 is 2.05 bits per heavy atom. The molecule has 9 heteroatoms. The molecule has 8 nitrogen and oxygen atoms in total. The zero-order valence-electron chi connectivity index (χ0n) is 11.8. The van der Waals surface area contributed by atoms with E-state index >= 15 is 0 Å². The van der Waals surface area contributed by atoms with Crippen molar-refractivity contribution >= 4 is 21.7 Å². The Morgan fingerprint density at radius 3 is 2.65 bits per heavy atom. The third-order valence-electron chi connectivity index (χ3n) is 2.43. The van der Waals surface area contributed by atoms with Gasteiger partial charge in [-0.15, -0.1) is 0 Å². The fraction of sp³-hybridized carbons (Fsp3) is 0.545. The van der Waals surface area contributed by atoms with E-state index in [-0.39, 0.29) is 18.0 Å². The number of anilines is 1. The summed E-state index contributed by atoms with van der Waals surface area (Å²) in [5, 5.41) is 5.45. The largest absolute Gasteiger partial charge is 0.369 e. The maximum Gasteiger partial charge on any atom is 0.271 e. The number of aromatic nitrogens is 2. The van der Waals surface area contributed by atoms with Gasteiger partial charge in [-0.25, -0.2) is 17.7 Å². The highest BCUT2D eigenvalue weighted by molar-refractivity contribution is 7.89. The number of carbonyl (C=O) groups is 1.